The van der Waals surface area contributed by atoms with Gasteiger partial charge < -0.3 is 4.42 Å². The Kier molecular flexibility index (Phi) is 1.94. The molecule has 3 nitrogen and oxygen atoms in total. The lowest BCUT2D eigenvalue weighted by molar-refractivity contribution is 0.475. The molecule has 1 aromatic rings. The summed E-state index contributed by atoms with van der Waals surface area (Å²) in [5.41, 5.74) is 0.895. The Morgan fingerprint density at radius 3 is 2.80 bits per heavy atom. The Hall–Kier alpha value is -0.990. The van der Waals surface area contributed by atoms with Crippen molar-refractivity contribution >= 4 is 0 Å². The van der Waals surface area contributed by atoms with E-state index in [1.807, 2.05) is 13.8 Å². The monoisotopic (exact) mass is 141 g/mol. The van der Waals surface area contributed by atoms with E-state index in [0.29, 0.717) is 0 Å². The van der Waals surface area contributed by atoms with Crippen molar-refractivity contribution in [1.29, 1.82) is 0 Å². The topological polar surface area (TPSA) is 35.1 Å². The SMILES string of the molecule is CCCn1c(C)coc1=O. The lowest BCUT2D eigenvalue weighted by Gasteiger charge is -1.96. The molecule has 0 spiro atoms. The summed E-state index contributed by atoms with van der Waals surface area (Å²) in [4.78, 5) is 10.8. The molecule has 0 N–H and O–H groups in total. The first-order chi connectivity index (χ1) is 4.75. The van der Waals surface area contributed by atoms with Crippen molar-refractivity contribution in [1.82, 2.24) is 4.57 Å². The van der Waals surface area contributed by atoms with Gasteiger partial charge >= 0.3 is 5.76 Å². The van der Waals surface area contributed by atoms with E-state index in [9.17, 15) is 4.79 Å². The van der Waals surface area contributed by atoms with E-state index < -0.39 is 0 Å². The molecule has 3 heteroatoms. The molecule has 10 heavy (non-hydrogen) atoms. The second-order valence-corrected chi connectivity index (χ2v) is 2.29. The van der Waals surface area contributed by atoms with Crippen LogP contribution in [0.3, 0.4) is 0 Å². The molecular formula is C7H11NO2. The van der Waals surface area contributed by atoms with Crippen LogP contribution < -0.4 is 5.76 Å². The summed E-state index contributed by atoms with van der Waals surface area (Å²) in [6.45, 7) is 4.64. The predicted molar refractivity (Wildman–Crippen MR) is 38.0 cm³/mol. The van der Waals surface area contributed by atoms with Crippen LogP contribution in [0.2, 0.25) is 0 Å². The number of aromatic nitrogens is 1. The maximum Gasteiger partial charge on any atom is 0.419 e. The smallest absolute Gasteiger partial charge is 0.416 e. The standard InChI is InChI=1S/C7H11NO2/c1-3-4-8-6(2)5-10-7(8)9/h5H,3-4H2,1-2H3. The van der Waals surface area contributed by atoms with Crippen molar-refractivity contribution in [3.8, 4) is 0 Å². The van der Waals surface area contributed by atoms with Gasteiger partial charge in [0.05, 0.1) is 5.69 Å². The van der Waals surface area contributed by atoms with Crippen LogP contribution in [-0.2, 0) is 6.54 Å². The van der Waals surface area contributed by atoms with Crippen LogP contribution in [0.4, 0.5) is 0 Å². The van der Waals surface area contributed by atoms with Gasteiger partial charge in [-0.3, -0.25) is 4.57 Å². The highest BCUT2D eigenvalue weighted by molar-refractivity contribution is 4.90. The Labute approximate surface area is 59.3 Å². The molecule has 1 heterocycles. The molecule has 0 saturated carbocycles. The van der Waals surface area contributed by atoms with Crippen molar-refractivity contribution in [3.63, 3.8) is 0 Å². The third-order valence-electron chi connectivity index (χ3n) is 1.42. The molecule has 0 aromatic carbocycles. The maximum absolute atomic E-state index is 10.8. The zero-order valence-electron chi connectivity index (χ0n) is 6.26. The molecule has 0 aliphatic carbocycles. The summed E-state index contributed by atoms with van der Waals surface area (Å²) in [7, 11) is 0. The van der Waals surface area contributed by atoms with E-state index in [1.54, 1.807) is 4.57 Å². The fourth-order valence-electron chi connectivity index (χ4n) is 0.898. The summed E-state index contributed by atoms with van der Waals surface area (Å²) in [6, 6.07) is 0. The second kappa shape index (κ2) is 2.73. The van der Waals surface area contributed by atoms with E-state index in [1.165, 1.54) is 6.26 Å². The third-order valence-corrected chi connectivity index (χ3v) is 1.42. The zero-order valence-corrected chi connectivity index (χ0v) is 6.26. The van der Waals surface area contributed by atoms with Gasteiger partial charge in [0.25, 0.3) is 0 Å². The minimum absolute atomic E-state index is 0.251. The van der Waals surface area contributed by atoms with Crippen LogP contribution >= 0.6 is 0 Å². The second-order valence-electron chi connectivity index (χ2n) is 2.29. The number of nitrogens with zero attached hydrogens (tertiary/aromatic N) is 1. The molecule has 0 unspecified atom stereocenters. The molecule has 0 bridgehead atoms. The van der Waals surface area contributed by atoms with E-state index in [-0.39, 0.29) is 5.76 Å². The van der Waals surface area contributed by atoms with Crippen molar-refractivity contribution in [2.75, 3.05) is 0 Å². The summed E-state index contributed by atoms with van der Waals surface area (Å²) in [5.74, 6) is -0.251. The van der Waals surface area contributed by atoms with Gasteiger partial charge in [-0.2, -0.15) is 0 Å². The Balaban J connectivity index is 2.99. The summed E-state index contributed by atoms with van der Waals surface area (Å²) >= 11 is 0. The highest BCUT2D eigenvalue weighted by Gasteiger charge is 2.00. The highest BCUT2D eigenvalue weighted by atomic mass is 16.4. The van der Waals surface area contributed by atoms with Crippen molar-refractivity contribution in [2.45, 2.75) is 26.8 Å². The normalized spacial score (nSPS) is 10.2. The first-order valence-electron chi connectivity index (χ1n) is 3.40. The molecule has 1 aromatic heterocycles. The Bertz CT molecular complexity index is 259. The molecule has 0 aliphatic heterocycles. The van der Waals surface area contributed by atoms with E-state index >= 15 is 0 Å². The van der Waals surface area contributed by atoms with Gasteiger partial charge in [0.1, 0.15) is 6.26 Å². The molecule has 0 aliphatic rings. The van der Waals surface area contributed by atoms with Crippen LogP contribution in [-0.4, -0.2) is 4.57 Å². The van der Waals surface area contributed by atoms with Gasteiger partial charge in [0.2, 0.25) is 0 Å². The van der Waals surface area contributed by atoms with Crippen molar-refractivity contribution in [3.05, 3.63) is 22.5 Å². The zero-order chi connectivity index (χ0) is 7.56. The average Bonchev–Trinajstić information content (AvgIpc) is 2.20. The van der Waals surface area contributed by atoms with Gasteiger partial charge in [-0.25, -0.2) is 4.79 Å². The van der Waals surface area contributed by atoms with Crippen molar-refractivity contribution in [2.24, 2.45) is 0 Å². The molecule has 0 atom stereocenters. The number of rotatable bonds is 2. The molecule has 0 fully saturated rings. The molecule has 0 radical (unpaired) electrons. The van der Waals surface area contributed by atoms with E-state index in [4.69, 9.17) is 0 Å². The number of aryl methyl sites for hydroxylation is 1. The predicted octanol–water partition coefficient (Wildman–Crippen LogP) is 1.16. The van der Waals surface area contributed by atoms with Crippen LogP contribution in [0.25, 0.3) is 0 Å². The highest BCUT2D eigenvalue weighted by Crippen LogP contribution is 1.94. The number of oxazole rings is 1. The van der Waals surface area contributed by atoms with Crippen LogP contribution in [0, 0.1) is 6.92 Å². The fourth-order valence-corrected chi connectivity index (χ4v) is 0.898. The summed E-state index contributed by atoms with van der Waals surface area (Å²) < 4.78 is 6.28. The largest absolute Gasteiger partial charge is 0.419 e. The number of hydrogen-bond donors (Lipinski definition) is 0. The minimum atomic E-state index is -0.251. The van der Waals surface area contributed by atoms with E-state index in [2.05, 4.69) is 4.42 Å². The molecule has 0 saturated heterocycles. The average molecular weight is 141 g/mol. The molecule has 0 amide bonds. The minimum Gasteiger partial charge on any atom is -0.416 e. The first kappa shape index (κ1) is 7.12. The lowest BCUT2D eigenvalue weighted by atomic mass is 10.4. The molecule has 56 valence electrons. The summed E-state index contributed by atoms with van der Waals surface area (Å²) in [6.07, 6.45) is 2.44. The van der Waals surface area contributed by atoms with Gasteiger partial charge in [-0.15, -0.1) is 0 Å². The first-order valence-corrected chi connectivity index (χ1v) is 3.40. The molecule has 1 rings (SSSR count). The quantitative estimate of drug-likeness (QED) is 0.619. The van der Waals surface area contributed by atoms with Gasteiger partial charge in [-0.05, 0) is 13.3 Å². The van der Waals surface area contributed by atoms with Gasteiger partial charge in [0.15, 0.2) is 0 Å². The molecular weight excluding hydrogens is 130 g/mol. The van der Waals surface area contributed by atoms with Crippen LogP contribution in [0.5, 0.6) is 0 Å². The van der Waals surface area contributed by atoms with Gasteiger partial charge in [-0.1, -0.05) is 6.92 Å². The van der Waals surface area contributed by atoms with E-state index in [0.717, 1.165) is 18.7 Å². The lowest BCUT2D eigenvalue weighted by Crippen LogP contribution is -2.14. The Morgan fingerprint density at radius 2 is 2.40 bits per heavy atom. The third kappa shape index (κ3) is 1.12. The maximum atomic E-state index is 10.8. The number of hydrogen-bond acceptors (Lipinski definition) is 2. The van der Waals surface area contributed by atoms with Crippen molar-refractivity contribution < 1.29 is 4.42 Å². The van der Waals surface area contributed by atoms with Crippen LogP contribution in [0.15, 0.2) is 15.5 Å². The Morgan fingerprint density at radius 1 is 1.70 bits per heavy atom. The van der Waals surface area contributed by atoms with Crippen LogP contribution in [0.1, 0.15) is 19.0 Å². The van der Waals surface area contributed by atoms with Gasteiger partial charge in [0, 0.05) is 6.54 Å². The summed E-state index contributed by atoms with van der Waals surface area (Å²) in [5, 5.41) is 0. The fraction of sp³-hybridized carbons (Fsp3) is 0.571.